The molecular formula is C15H16N4O3S. The fourth-order valence-electron chi connectivity index (χ4n) is 2.20. The minimum absolute atomic E-state index is 0.0489. The van der Waals surface area contributed by atoms with E-state index in [0.29, 0.717) is 16.7 Å². The summed E-state index contributed by atoms with van der Waals surface area (Å²) in [7, 11) is 1.32. The van der Waals surface area contributed by atoms with Gasteiger partial charge in [-0.1, -0.05) is 11.8 Å². The molecule has 7 nitrogen and oxygen atoms in total. The third-order valence-corrected chi connectivity index (χ3v) is 4.26. The van der Waals surface area contributed by atoms with Gasteiger partial charge in [-0.05, 0) is 39.0 Å². The van der Waals surface area contributed by atoms with Crippen LogP contribution in [0.3, 0.4) is 0 Å². The van der Waals surface area contributed by atoms with E-state index < -0.39 is 5.97 Å². The Bertz CT molecular complexity index is 871. The van der Waals surface area contributed by atoms with Crippen LogP contribution in [0.5, 0.6) is 0 Å². The molecule has 3 aromatic rings. The monoisotopic (exact) mass is 332 g/mol. The number of methoxy groups -OCH3 is 1. The smallest absolute Gasteiger partial charge is 0.373 e. The summed E-state index contributed by atoms with van der Waals surface area (Å²) < 4.78 is 11.9. The van der Waals surface area contributed by atoms with Crippen LogP contribution in [0, 0.1) is 13.8 Å². The van der Waals surface area contributed by atoms with Gasteiger partial charge in [-0.3, -0.25) is 0 Å². The Morgan fingerprint density at radius 2 is 2.13 bits per heavy atom. The number of ether oxygens (including phenoxy) is 1. The van der Waals surface area contributed by atoms with E-state index >= 15 is 0 Å². The van der Waals surface area contributed by atoms with Crippen LogP contribution in [0.1, 0.15) is 39.9 Å². The lowest BCUT2D eigenvalue weighted by molar-refractivity contribution is 0.0563. The summed E-state index contributed by atoms with van der Waals surface area (Å²) >= 11 is 1.44. The molecule has 0 aliphatic heterocycles. The Kier molecular flexibility index (Phi) is 4.08. The molecule has 0 amide bonds. The third-order valence-electron chi connectivity index (χ3n) is 3.30. The van der Waals surface area contributed by atoms with Gasteiger partial charge in [0.05, 0.1) is 12.4 Å². The van der Waals surface area contributed by atoms with Crippen molar-refractivity contribution in [1.82, 2.24) is 19.6 Å². The Balaban J connectivity index is 1.82. The molecule has 0 bridgehead atoms. The minimum Gasteiger partial charge on any atom is -0.463 e. The van der Waals surface area contributed by atoms with Crippen LogP contribution in [-0.4, -0.2) is 32.7 Å². The second-order valence-electron chi connectivity index (χ2n) is 5.10. The van der Waals surface area contributed by atoms with Crippen molar-refractivity contribution in [2.24, 2.45) is 0 Å². The molecule has 0 saturated heterocycles. The van der Waals surface area contributed by atoms with Gasteiger partial charge in [0, 0.05) is 11.4 Å². The zero-order chi connectivity index (χ0) is 16.6. The molecule has 120 valence electrons. The molecule has 1 unspecified atom stereocenters. The number of hydrogen-bond acceptors (Lipinski definition) is 7. The summed E-state index contributed by atoms with van der Waals surface area (Å²) in [6.07, 6.45) is 0. The van der Waals surface area contributed by atoms with Crippen LogP contribution in [0.15, 0.2) is 27.8 Å². The first-order chi connectivity index (χ1) is 11.0. The van der Waals surface area contributed by atoms with Gasteiger partial charge < -0.3 is 9.15 Å². The molecular weight excluding hydrogens is 316 g/mol. The van der Waals surface area contributed by atoms with Gasteiger partial charge in [0.25, 0.3) is 5.78 Å². The lowest BCUT2D eigenvalue weighted by Gasteiger charge is -2.04. The van der Waals surface area contributed by atoms with Crippen LogP contribution >= 0.6 is 11.8 Å². The highest BCUT2D eigenvalue weighted by Crippen LogP contribution is 2.34. The molecule has 0 aliphatic rings. The van der Waals surface area contributed by atoms with Crippen molar-refractivity contribution in [3.8, 4) is 0 Å². The molecule has 0 spiro atoms. The average molecular weight is 332 g/mol. The third kappa shape index (κ3) is 3.07. The zero-order valence-electron chi connectivity index (χ0n) is 13.2. The SMILES string of the molecule is COC(=O)c1ccc(C(C)Sc2nc3nc(C)cc(C)n3n2)o1. The van der Waals surface area contributed by atoms with E-state index in [-0.39, 0.29) is 11.0 Å². The molecule has 3 rings (SSSR count). The summed E-state index contributed by atoms with van der Waals surface area (Å²) in [4.78, 5) is 20.2. The Morgan fingerprint density at radius 1 is 1.35 bits per heavy atom. The summed E-state index contributed by atoms with van der Waals surface area (Å²) in [5.41, 5.74) is 1.88. The van der Waals surface area contributed by atoms with Gasteiger partial charge in [0.2, 0.25) is 10.9 Å². The van der Waals surface area contributed by atoms with E-state index in [0.717, 1.165) is 11.4 Å². The fourth-order valence-corrected chi connectivity index (χ4v) is 3.02. The van der Waals surface area contributed by atoms with E-state index in [4.69, 9.17) is 4.42 Å². The van der Waals surface area contributed by atoms with Crippen LogP contribution < -0.4 is 0 Å². The zero-order valence-corrected chi connectivity index (χ0v) is 14.0. The van der Waals surface area contributed by atoms with Crippen molar-refractivity contribution in [2.75, 3.05) is 7.11 Å². The van der Waals surface area contributed by atoms with Gasteiger partial charge in [-0.2, -0.15) is 4.98 Å². The van der Waals surface area contributed by atoms with Crippen molar-refractivity contribution < 1.29 is 13.9 Å². The van der Waals surface area contributed by atoms with Crippen molar-refractivity contribution in [3.05, 3.63) is 41.1 Å². The summed E-state index contributed by atoms with van der Waals surface area (Å²) in [5.74, 6) is 0.933. The molecule has 0 N–H and O–H groups in total. The number of furan rings is 1. The fraction of sp³-hybridized carbons (Fsp3) is 0.333. The second-order valence-corrected chi connectivity index (χ2v) is 6.41. The number of rotatable bonds is 4. The maximum atomic E-state index is 11.4. The van der Waals surface area contributed by atoms with Gasteiger partial charge in [-0.25, -0.2) is 14.3 Å². The Labute approximate surface area is 137 Å². The summed E-state index contributed by atoms with van der Waals surface area (Å²) in [6, 6.07) is 5.31. The van der Waals surface area contributed by atoms with Crippen LogP contribution in [0.4, 0.5) is 0 Å². The number of thioether (sulfide) groups is 1. The number of nitrogens with zero attached hydrogens (tertiary/aromatic N) is 4. The molecule has 0 aliphatic carbocycles. The van der Waals surface area contributed by atoms with E-state index in [2.05, 4.69) is 19.8 Å². The number of aryl methyl sites for hydroxylation is 2. The van der Waals surface area contributed by atoms with Crippen LogP contribution in [0.25, 0.3) is 5.78 Å². The van der Waals surface area contributed by atoms with Gasteiger partial charge >= 0.3 is 5.97 Å². The van der Waals surface area contributed by atoms with Crippen molar-refractivity contribution in [1.29, 1.82) is 0 Å². The molecule has 0 aromatic carbocycles. The van der Waals surface area contributed by atoms with E-state index in [1.54, 1.807) is 16.6 Å². The minimum atomic E-state index is -0.491. The predicted molar refractivity (Wildman–Crippen MR) is 84.6 cm³/mol. The number of fused-ring (bicyclic) bond motifs is 1. The topological polar surface area (TPSA) is 82.5 Å². The normalized spacial score (nSPS) is 12.5. The van der Waals surface area contributed by atoms with Gasteiger partial charge in [0.15, 0.2) is 0 Å². The number of aromatic nitrogens is 4. The first kappa shape index (κ1) is 15.5. The molecule has 8 heteroatoms. The molecule has 3 heterocycles. The lowest BCUT2D eigenvalue weighted by Crippen LogP contribution is -1.98. The average Bonchev–Trinajstić information content (AvgIpc) is 3.13. The van der Waals surface area contributed by atoms with E-state index in [1.807, 2.05) is 26.8 Å². The first-order valence-electron chi connectivity index (χ1n) is 7.03. The second kappa shape index (κ2) is 6.04. The number of carbonyl (C=O) groups excluding carboxylic acids is 1. The molecule has 0 fully saturated rings. The highest BCUT2D eigenvalue weighted by molar-refractivity contribution is 7.99. The van der Waals surface area contributed by atoms with Crippen molar-refractivity contribution in [2.45, 2.75) is 31.2 Å². The highest BCUT2D eigenvalue weighted by Gasteiger charge is 2.18. The maximum Gasteiger partial charge on any atom is 0.373 e. The van der Waals surface area contributed by atoms with Crippen molar-refractivity contribution in [3.63, 3.8) is 0 Å². The number of hydrogen-bond donors (Lipinski definition) is 0. The number of esters is 1. The van der Waals surface area contributed by atoms with Crippen LogP contribution in [-0.2, 0) is 4.74 Å². The van der Waals surface area contributed by atoms with Gasteiger partial charge in [0.1, 0.15) is 5.76 Å². The predicted octanol–water partition coefficient (Wildman–Crippen LogP) is 2.97. The van der Waals surface area contributed by atoms with Crippen molar-refractivity contribution >= 4 is 23.5 Å². The largest absolute Gasteiger partial charge is 0.463 e. The number of carbonyl (C=O) groups is 1. The molecule has 0 radical (unpaired) electrons. The Morgan fingerprint density at radius 3 is 2.87 bits per heavy atom. The summed E-state index contributed by atoms with van der Waals surface area (Å²) in [6.45, 7) is 5.85. The standard InChI is InChI=1S/C15H16N4O3S/c1-8-7-9(2)19-14(16-8)17-15(18-19)23-10(3)11-5-6-12(22-11)13(20)21-4/h5-7,10H,1-4H3. The molecule has 1 atom stereocenters. The Hall–Kier alpha value is -2.35. The highest BCUT2D eigenvalue weighted by atomic mass is 32.2. The van der Waals surface area contributed by atoms with Crippen LogP contribution in [0.2, 0.25) is 0 Å². The molecule has 3 aromatic heterocycles. The van der Waals surface area contributed by atoms with E-state index in [1.165, 1.54) is 18.9 Å². The lowest BCUT2D eigenvalue weighted by atomic mass is 10.3. The first-order valence-corrected chi connectivity index (χ1v) is 7.91. The van der Waals surface area contributed by atoms with Gasteiger partial charge in [-0.15, -0.1) is 5.10 Å². The maximum absolute atomic E-state index is 11.4. The quantitative estimate of drug-likeness (QED) is 0.536. The molecule has 0 saturated carbocycles. The van der Waals surface area contributed by atoms with E-state index in [9.17, 15) is 4.79 Å². The molecule has 23 heavy (non-hydrogen) atoms. The summed E-state index contributed by atoms with van der Waals surface area (Å²) in [5, 5.41) is 5.01.